The number of hydrogen-bond donors (Lipinski definition) is 1. The number of methoxy groups -OCH3 is 1. The maximum absolute atomic E-state index is 5.78. The van der Waals surface area contributed by atoms with Gasteiger partial charge in [-0.2, -0.15) is 0 Å². The summed E-state index contributed by atoms with van der Waals surface area (Å²) < 4.78 is 5.68. The first kappa shape index (κ1) is 11.9. The Morgan fingerprint density at radius 2 is 1.94 bits per heavy atom. The highest BCUT2D eigenvalue weighted by atomic mass is 79.9. The fourth-order valence-electron chi connectivity index (χ4n) is 1.26. The van der Waals surface area contributed by atoms with Crippen LogP contribution in [-0.4, -0.2) is 27.0 Å². The SMILES string of the molecule is COCc1nc(-c2ncccn2)nc(N)c1Br. The van der Waals surface area contributed by atoms with Crippen molar-refractivity contribution in [2.24, 2.45) is 0 Å². The molecule has 0 saturated heterocycles. The number of hydrogen-bond acceptors (Lipinski definition) is 6. The Hall–Kier alpha value is -1.60. The first-order chi connectivity index (χ1) is 8.22. The largest absolute Gasteiger partial charge is 0.383 e. The molecule has 0 spiro atoms. The van der Waals surface area contributed by atoms with Crippen LogP contribution in [0.1, 0.15) is 5.69 Å². The average molecular weight is 296 g/mol. The van der Waals surface area contributed by atoms with Gasteiger partial charge in [-0.3, -0.25) is 0 Å². The highest BCUT2D eigenvalue weighted by Gasteiger charge is 2.12. The molecule has 0 amide bonds. The molecule has 0 fully saturated rings. The third kappa shape index (κ3) is 2.56. The number of anilines is 1. The van der Waals surface area contributed by atoms with Gasteiger partial charge in [0, 0.05) is 19.5 Å². The van der Waals surface area contributed by atoms with Crippen LogP contribution in [0.15, 0.2) is 22.9 Å². The van der Waals surface area contributed by atoms with Crippen LogP contribution in [0.2, 0.25) is 0 Å². The summed E-state index contributed by atoms with van der Waals surface area (Å²) in [6, 6.07) is 1.72. The van der Waals surface area contributed by atoms with E-state index in [-0.39, 0.29) is 0 Å². The Morgan fingerprint density at radius 3 is 2.59 bits per heavy atom. The first-order valence-electron chi connectivity index (χ1n) is 4.80. The van der Waals surface area contributed by atoms with Crippen molar-refractivity contribution in [1.29, 1.82) is 0 Å². The molecule has 88 valence electrons. The van der Waals surface area contributed by atoms with Crippen molar-refractivity contribution in [3.8, 4) is 11.6 Å². The monoisotopic (exact) mass is 295 g/mol. The van der Waals surface area contributed by atoms with E-state index in [1.54, 1.807) is 25.6 Å². The van der Waals surface area contributed by atoms with Crippen LogP contribution in [0.3, 0.4) is 0 Å². The topological polar surface area (TPSA) is 86.8 Å². The first-order valence-corrected chi connectivity index (χ1v) is 5.60. The van der Waals surface area contributed by atoms with Gasteiger partial charge in [-0.05, 0) is 22.0 Å². The Kier molecular flexibility index (Phi) is 3.60. The van der Waals surface area contributed by atoms with Crippen molar-refractivity contribution in [3.05, 3.63) is 28.6 Å². The second-order valence-corrected chi connectivity index (χ2v) is 3.99. The molecule has 2 aromatic heterocycles. The van der Waals surface area contributed by atoms with E-state index < -0.39 is 0 Å². The second kappa shape index (κ2) is 5.15. The fraction of sp³-hybridized carbons (Fsp3) is 0.200. The molecule has 6 nitrogen and oxygen atoms in total. The lowest BCUT2D eigenvalue weighted by Gasteiger charge is -2.07. The van der Waals surface area contributed by atoms with Gasteiger partial charge in [-0.1, -0.05) is 0 Å². The fourth-order valence-corrected chi connectivity index (χ4v) is 1.55. The van der Waals surface area contributed by atoms with Crippen LogP contribution in [0.25, 0.3) is 11.6 Å². The van der Waals surface area contributed by atoms with E-state index in [4.69, 9.17) is 10.5 Å². The predicted octanol–water partition coefficient (Wildman–Crippen LogP) is 1.42. The number of nitrogens with zero attached hydrogens (tertiary/aromatic N) is 4. The number of rotatable bonds is 3. The highest BCUT2D eigenvalue weighted by molar-refractivity contribution is 9.10. The van der Waals surface area contributed by atoms with E-state index >= 15 is 0 Å². The summed E-state index contributed by atoms with van der Waals surface area (Å²) in [7, 11) is 1.59. The summed E-state index contributed by atoms with van der Waals surface area (Å²) >= 11 is 3.32. The normalized spacial score (nSPS) is 10.5. The standard InChI is InChI=1S/C10H10BrN5O/c1-17-5-6-7(11)8(12)16-10(15-6)9-13-3-2-4-14-9/h2-4H,5H2,1H3,(H2,12,15,16). The van der Waals surface area contributed by atoms with E-state index in [2.05, 4.69) is 35.9 Å². The lowest BCUT2D eigenvalue weighted by Crippen LogP contribution is -2.05. The van der Waals surface area contributed by atoms with Crippen molar-refractivity contribution in [2.75, 3.05) is 12.8 Å². The molecule has 0 unspecified atom stereocenters. The van der Waals surface area contributed by atoms with Crippen molar-refractivity contribution in [1.82, 2.24) is 19.9 Å². The van der Waals surface area contributed by atoms with Gasteiger partial charge in [0.1, 0.15) is 5.82 Å². The lowest BCUT2D eigenvalue weighted by molar-refractivity contribution is 0.181. The maximum atomic E-state index is 5.78. The highest BCUT2D eigenvalue weighted by Crippen LogP contribution is 2.23. The van der Waals surface area contributed by atoms with Gasteiger partial charge in [0.2, 0.25) is 0 Å². The Morgan fingerprint density at radius 1 is 1.24 bits per heavy atom. The molecule has 2 N–H and O–H groups in total. The average Bonchev–Trinajstić information content (AvgIpc) is 2.36. The van der Waals surface area contributed by atoms with E-state index in [0.29, 0.717) is 34.2 Å². The summed E-state index contributed by atoms with van der Waals surface area (Å²) in [5.74, 6) is 1.16. The summed E-state index contributed by atoms with van der Waals surface area (Å²) in [5.41, 5.74) is 6.45. The zero-order valence-electron chi connectivity index (χ0n) is 9.09. The third-order valence-corrected chi connectivity index (χ3v) is 2.86. The minimum atomic E-state index is 0.340. The summed E-state index contributed by atoms with van der Waals surface area (Å²) in [6.07, 6.45) is 3.25. The van der Waals surface area contributed by atoms with Gasteiger partial charge in [0.05, 0.1) is 16.8 Å². The van der Waals surface area contributed by atoms with Crippen molar-refractivity contribution in [3.63, 3.8) is 0 Å². The van der Waals surface area contributed by atoms with Gasteiger partial charge in [0.25, 0.3) is 0 Å². The van der Waals surface area contributed by atoms with Gasteiger partial charge in [0.15, 0.2) is 11.6 Å². The van der Waals surface area contributed by atoms with Crippen molar-refractivity contribution < 1.29 is 4.74 Å². The van der Waals surface area contributed by atoms with Gasteiger partial charge < -0.3 is 10.5 Å². The summed E-state index contributed by atoms with van der Waals surface area (Å²) in [6.45, 7) is 0.340. The minimum Gasteiger partial charge on any atom is -0.383 e. The molecule has 0 aliphatic rings. The van der Waals surface area contributed by atoms with Gasteiger partial charge in [-0.15, -0.1) is 0 Å². The predicted molar refractivity (Wildman–Crippen MR) is 65.9 cm³/mol. The molecule has 0 bridgehead atoms. The number of ether oxygens (including phenoxy) is 1. The molecular weight excluding hydrogens is 286 g/mol. The third-order valence-electron chi connectivity index (χ3n) is 1.99. The Bertz CT molecular complexity index is 520. The van der Waals surface area contributed by atoms with Crippen LogP contribution in [0.4, 0.5) is 5.82 Å². The molecule has 0 radical (unpaired) electrons. The van der Waals surface area contributed by atoms with Crippen LogP contribution in [-0.2, 0) is 11.3 Å². The lowest BCUT2D eigenvalue weighted by atomic mass is 10.4. The van der Waals surface area contributed by atoms with Crippen LogP contribution < -0.4 is 5.73 Å². The second-order valence-electron chi connectivity index (χ2n) is 3.20. The Labute approximate surface area is 106 Å². The maximum Gasteiger partial charge on any atom is 0.200 e. The summed E-state index contributed by atoms with van der Waals surface area (Å²) in [4.78, 5) is 16.6. The molecule has 2 rings (SSSR count). The number of aromatic nitrogens is 4. The number of nitrogens with two attached hydrogens (primary N) is 1. The van der Waals surface area contributed by atoms with Crippen molar-refractivity contribution in [2.45, 2.75) is 6.61 Å². The van der Waals surface area contributed by atoms with Gasteiger partial charge >= 0.3 is 0 Å². The van der Waals surface area contributed by atoms with Crippen LogP contribution in [0.5, 0.6) is 0 Å². The van der Waals surface area contributed by atoms with E-state index in [1.165, 1.54) is 0 Å². The molecule has 0 atom stereocenters. The minimum absolute atomic E-state index is 0.340. The quantitative estimate of drug-likeness (QED) is 0.922. The molecule has 7 heteroatoms. The molecule has 0 aliphatic carbocycles. The number of nitrogen functional groups attached to an aromatic ring is 1. The van der Waals surface area contributed by atoms with E-state index in [0.717, 1.165) is 0 Å². The number of halogens is 1. The van der Waals surface area contributed by atoms with Crippen molar-refractivity contribution >= 4 is 21.7 Å². The van der Waals surface area contributed by atoms with Crippen LogP contribution >= 0.6 is 15.9 Å². The zero-order valence-corrected chi connectivity index (χ0v) is 10.7. The molecule has 2 aromatic rings. The molecular formula is C10H10BrN5O. The zero-order chi connectivity index (χ0) is 12.3. The summed E-state index contributed by atoms with van der Waals surface area (Å²) in [5, 5.41) is 0. The molecule has 0 aromatic carbocycles. The molecule has 2 heterocycles. The van der Waals surface area contributed by atoms with E-state index in [1.807, 2.05) is 0 Å². The van der Waals surface area contributed by atoms with Crippen LogP contribution in [0, 0.1) is 0 Å². The van der Waals surface area contributed by atoms with Gasteiger partial charge in [-0.25, -0.2) is 19.9 Å². The molecule has 0 saturated carbocycles. The Balaban J connectivity index is 2.49. The smallest absolute Gasteiger partial charge is 0.200 e. The molecule has 0 aliphatic heterocycles. The molecule has 17 heavy (non-hydrogen) atoms. The van der Waals surface area contributed by atoms with E-state index in [9.17, 15) is 0 Å².